The van der Waals surface area contributed by atoms with Gasteiger partial charge in [0.1, 0.15) is 5.69 Å². The number of nitrogens with zero attached hydrogens (tertiary/aromatic N) is 3. The Morgan fingerprint density at radius 3 is 2.89 bits per heavy atom. The summed E-state index contributed by atoms with van der Waals surface area (Å²) in [6.45, 7) is 2.78. The van der Waals surface area contributed by atoms with E-state index >= 15 is 0 Å². The highest BCUT2D eigenvalue weighted by atomic mass is 35.5. The summed E-state index contributed by atoms with van der Waals surface area (Å²) in [6, 6.07) is 6.97. The number of hydrogen-bond donors (Lipinski definition) is 0. The second-order valence-corrected chi connectivity index (χ2v) is 4.53. The molecule has 0 atom stereocenters. The van der Waals surface area contributed by atoms with Crippen LogP contribution in [0.3, 0.4) is 0 Å². The van der Waals surface area contributed by atoms with Gasteiger partial charge in [0.2, 0.25) is 0 Å². The van der Waals surface area contributed by atoms with Crippen molar-refractivity contribution in [1.29, 1.82) is 5.26 Å². The molecule has 2 rings (SSSR count). The molecule has 1 heterocycles. The Morgan fingerprint density at radius 2 is 2.32 bits per heavy atom. The molecule has 0 amide bonds. The van der Waals surface area contributed by atoms with E-state index in [4.69, 9.17) is 16.9 Å². The van der Waals surface area contributed by atoms with Crippen LogP contribution in [0.5, 0.6) is 0 Å². The first-order valence-corrected chi connectivity index (χ1v) is 6.30. The van der Waals surface area contributed by atoms with Gasteiger partial charge in [0, 0.05) is 18.3 Å². The van der Waals surface area contributed by atoms with Crippen molar-refractivity contribution in [2.75, 3.05) is 0 Å². The molecular formula is C14H12ClN3O. The lowest BCUT2D eigenvalue weighted by atomic mass is 10.1. The number of aromatic nitrogens is 2. The fraction of sp³-hybridized carbons (Fsp3) is 0.214. The summed E-state index contributed by atoms with van der Waals surface area (Å²) < 4.78 is 1.73. The van der Waals surface area contributed by atoms with Crippen LogP contribution in [0.1, 0.15) is 29.3 Å². The summed E-state index contributed by atoms with van der Waals surface area (Å²) in [5.41, 5.74) is 2.20. The Kier molecular flexibility index (Phi) is 3.98. The van der Waals surface area contributed by atoms with Gasteiger partial charge >= 0.3 is 0 Å². The fourth-order valence-electron chi connectivity index (χ4n) is 1.85. The van der Waals surface area contributed by atoms with Crippen molar-refractivity contribution in [3.05, 3.63) is 40.5 Å². The van der Waals surface area contributed by atoms with Crippen molar-refractivity contribution in [3.8, 4) is 17.3 Å². The Morgan fingerprint density at radius 1 is 1.53 bits per heavy atom. The van der Waals surface area contributed by atoms with E-state index in [9.17, 15) is 4.79 Å². The molecule has 1 aromatic carbocycles. The third-order valence-corrected chi connectivity index (χ3v) is 3.04. The molecule has 19 heavy (non-hydrogen) atoms. The first kappa shape index (κ1) is 13.3. The summed E-state index contributed by atoms with van der Waals surface area (Å²) in [7, 11) is 0. The van der Waals surface area contributed by atoms with E-state index in [0.717, 1.165) is 19.3 Å². The maximum absolute atomic E-state index is 11.1. The third kappa shape index (κ3) is 2.67. The minimum Gasteiger partial charge on any atom is -0.298 e. The summed E-state index contributed by atoms with van der Waals surface area (Å²) in [6.07, 6.45) is 3.41. The summed E-state index contributed by atoms with van der Waals surface area (Å²) >= 11 is 6.14. The third-order valence-electron chi connectivity index (χ3n) is 2.72. The van der Waals surface area contributed by atoms with Crippen LogP contribution in [0.25, 0.3) is 11.3 Å². The molecule has 0 unspecified atom stereocenters. The van der Waals surface area contributed by atoms with Gasteiger partial charge in [0.25, 0.3) is 0 Å². The summed E-state index contributed by atoms with van der Waals surface area (Å²) in [5, 5.41) is 13.6. The van der Waals surface area contributed by atoms with Crippen LogP contribution >= 0.6 is 11.6 Å². The van der Waals surface area contributed by atoms with Gasteiger partial charge in [-0.3, -0.25) is 9.48 Å². The van der Waals surface area contributed by atoms with E-state index in [1.165, 1.54) is 0 Å². The van der Waals surface area contributed by atoms with Crippen LogP contribution in [0.4, 0.5) is 0 Å². The van der Waals surface area contributed by atoms with Gasteiger partial charge < -0.3 is 0 Å². The van der Waals surface area contributed by atoms with Crippen LogP contribution in [-0.2, 0) is 6.54 Å². The van der Waals surface area contributed by atoms with Gasteiger partial charge in [-0.15, -0.1) is 0 Å². The minimum absolute atomic E-state index is 0.420. The lowest BCUT2D eigenvalue weighted by Crippen LogP contribution is -1.96. The molecule has 5 heteroatoms. The van der Waals surface area contributed by atoms with E-state index in [1.54, 1.807) is 29.1 Å². The highest BCUT2D eigenvalue weighted by Gasteiger charge is 2.13. The van der Waals surface area contributed by atoms with E-state index in [-0.39, 0.29) is 0 Å². The molecule has 0 N–H and O–H groups in total. The predicted octanol–water partition coefficient (Wildman–Crippen LogP) is 3.30. The smallest absolute Gasteiger partial charge is 0.153 e. The number of benzene rings is 1. The largest absolute Gasteiger partial charge is 0.298 e. The molecule has 0 spiro atoms. The number of halogens is 1. The zero-order chi connectivity index (χ0) is 13.8. The van der Waals surface area contributed by atoms with Crippen LogP contribution in [-0.4, -0.2) is 16.1 Å². The number of nitriles is 1. The van der Waals surface area contributed by atoms with E-state index < -0.39 is 0 Å². The molecule has 0 fully saturated rings. The van der Waals surface area contributed by atoms with Crippen LogP contribution in [0.2, 0.25) is 5.02 Å². The van der Waals surface area contributed by atoms with E-state index in [0.29, 0.717) is 27.4 Å². The topological polar surface area (TPSA) is 58.7 Å². The van der Waals surface area contributed by atoms with Gasteiger partial charge in [-0.2, -0.15) is 10.4 Å². The van der Waals surface area contributed by atoms with Crippen molar-refractivity contribution < 1.29 is 4.79 Å². The van der Waals surface area contributed by atoms with Crippen molar-refractivity contribution in [2.45, 2.75) is 19.9 Å². The molecule has 0 saturated carbocycles. The molecule has 0 radical (unpaired) electrons. The highest BCUT2D eigenvalue weighted by molar-refractivity contribution is 6.33. The normalized spacial score (nSPS) is 10.2. The number of aldehydes is 1. The lowest BCUT2D eigenvalue weighted by molar-refractivity contribution is 0.112. The van der Waals surface area contributed by atoms with Crippen molar-refractivity contribution in [3.63, 3.8) is 0 Å². The highest BCUT2D eigenvalue weighted by Crippen LogP contribution is 2.29. The van der Waals surface area contributed by atoms with Gasteiger partial charge in [0.05, 0.1) is 22.2 Å². The number of rotatable bonds is 4. The van der Waals surface area contributed by atoms with Crippen LogP contribution in [0, 0.1) is 11.3 Å². The van der Waals surface area contributed by atoms with E-state index in [2.05, 4.69) is 5.10 Å². The number of carbonyl (C=O) groups excluding carboxylic acids is 1. The molecule has 2 aromatic rings. The standard InChI is InChI=1S/C14H12ClN3O/c1-2-5-18-8-11(9-19)14(17-18)12-4-3-10(7-16)6-13(12)15/h3-4,6,8-9H,2,5H2,1H3. The van der Waals surface area contributed by atoms with Crippen LogP contribution in [0.15, 0.2) is 24.4 Å². The Balaban J connectivity index is 2.52. The van der Waals surface area contributed by atoms with Gasteiger partial charge in [-0.1, -0.05) is 18.5 Å². The quantitative estimate of drug-likeness (QED) is 0.803. The van der Waals surface area contributed by atoms with Gasteiger partial charge in [0.15, 0.2) is 6.29 Å². The first-order chi connectivity index (χ1) is 9.19. The minimum atomic E-state index is 0.420. The average Bonchev–Trinajstić information content (AvgIpc) is 2.81. The average molecular weight is 274 g/mol. The SMILES string of the molecule is CCCn1cc(C=O)c(-c2ccc(C#N)cc2Cl)n1. The molecule has 4 nitrogen and oxygen atoms in total. The van der Waals surface area contributed by atoms with Crippen molar-refractivity contribution in [1.82, 2.24) is 9.78 Å². The molecule has 0 bridgehead atoms. The Bertz CT molecular complexity index is 655. The lowest BCUT2D eigenvalue weighted by Gasteiger charge is -2.02. The first-order valence-electron chi connectivity index (χ1n) is 5.92. The van der Waals surface area contributed by atoms with Crippen molar-refractivity contribution in [2.24, 2.45) is 0 Å². The maximum Gasteiger partial charge on any atom is 0.153 e. The monoisotopic (exact) mass is 273 g/mol. The predicted molar refractivity (Wildman–Crippen MR) is 73.1 cm³/mol. The van der Waals surface area contributed by atoms with Gasteiger partial charge in [-0.25, -0.2) is 0 Å². The summed E-state index contributed by atoms with van der Waals surface area (Å²) in [5.74, 6) is 0. The Labute approximate surface area is 116 Å². The number of carbonyl (C=O) groups is 1. The van der Waals surface area contributed by atoms with Gasteiger partial charge in [-0.05, 0) is 24.6 Å². The Hall–Kier alpha value is -2.12. The molecule has 1 aromatic heterocycles. The zero-order valence-electron chi connectivity index (χ0n) is 10.4. The number of hydrogen-bond acceptors (Lipinski definition) is 3. The second kappa shape index (κ2) is 5.68. The summed E-state index contributed by atoms with van der Waals surface area (Å²) in [4.78, 5) is 11.1. The molecule has 96 valence electrons. The molecular weight excluding hydrogens is 262 g/mol. The van der Waals surface area contributed by atoms with Crippen molar-refractivity contribution >= 4 is 17.9 Å². The van der Waals surface area contributed by atoms with E-state index in [1.807, 2.05) is 13.0 Å². The molecule has 0 aliphatic heterocycles. The maximum atomic E-state index is 11.1. The number of aryl methyl sites for hydroxylation is 1. The zero-order valence-corrected chi connectivity index (χ0v) is 11.2. The fourth-order valence-corrected chi connectivity index (χ4v) is 2.12. The molecule has 0 aliphatic rings. The van der Waals surface area contributed by atoms with Crippen LogP contribution < -0.4 is 0 Å². The second-order valence-electron chi connectivity index (χ2n) is 4.12. The molecule has 0 saturated heterocycles. The molecule has 0 aliphatic carbocycles.